The Hall–Kier alpha value is -2.37. The van der Waals surface area contributed by atoms with Gasteiger partial charge in [0.05, 0.1) is 6.04 Å². The van der Waals surface area contributed by atoms with E-state index in [4.69, 9.17) is 5.73 Å². The normalized spacial score (nSPS) is 15.3. The van der Waals surface area contributed by atoms with E-state index in [0.717, 1.165) is 5.56 Å². The molecule has 1 aliphatic heterocycles. The van der Waals surface area contributed by atoms with Crippen LogP contribution in [0.25, 0.3) is 6.08 Å². The number of rotatable bonds is 3. The molecule has 1 aromatic rings. The fraction of sp³-hybridized carbons (Fsp3) is 0.231. The third-order valence-electron chi connectivity index (χ3n) is 2.84. The van der Waals surface area contributed by atoms with Crippen molar-refractivity contribution >= 4 is 18.0 Å². The molecule has 0 aliphatic carbocycles. The van der Waals surface area contributed by atoms with Crippen molar-refractivity contribution in [3.8, 4) is 0 Å². The van der Waals surface area contributed by atoms with Gasteiger partial charge in [-0.1, -0.05) is 12.1 Å². The predicted molar refractivity (Wildman–Crippen MR) is 68.5 cm³/mol. The Bertz CT molecular complexity index is 507. The van der Waals surface area contributed by atoms with Crippen molar-refractivity contribution in [3.05, 3.63) is 41.7 Å². The second-order valence-electron chi connectivity index (χ2n) is 4.33. The fourth-order valence-electron chi connectivity index (χ4n) is 1.74. The minimum atomic E-state index is -0.479. The number of urea groups is 1. The van der Waals surface area contributed by atoms with Crippen LogP contribution in [0, 0.1) is 5.82 Å². The van der Waals surface area contributed by atoms with E-state index < -0.39 is 6.03 Å². The van der Waals surface area contributed by atoms with Crippen molar-refractivity contribution in [1.82, 2.24) is 10.2 Å². The van der Waals surface area contributed by atoms with E-state index in [1.165, 1.54) is 23.1 Å². The first-order chi connectivity index (χ1) is 9.04. The molecule has 2 rings (SSSR count). The van der Waals surface area contributed by atoms with Gasteiger partial charge in [0.25, 0.3) is 0 Å². The number of benzene rings is 1. The van der Waals surface area contributed by atoms with Crippen LogP contribution in [0.5, 0.6) is 0 Å². The zero-order valence-electron chi connectivity index (χ0n) is 10.2. The molecule has 3 amide bonds. The highest BCUT2D eigenvalue weighted by Gasteiger charge is 2.29. The Morgan fingerprint density at radius 3 is 2.53 bits per heavy atom. The molecular formula is C13H14FN3O2. The standard InChI is InChI=1S/C13H14FN3O2/c14-10-4-1-9(2-5-10)3-6-12(18)16-11-7-17(8-11)13(15)19/h1-6,11H,7-8H2,(H2,15,19)(H,16,18)/b6-3+. The molecule has 0 aromatic heterocycles. The van der Waals surface area contributed by atoms with Crippen molar-refractivity contribution in [2.45, 2.75) is 6.04 Å². The first-order valence-electron chi connectivity index (χ1n) is 5.83. The maximum atomic E-state index is 12.7. The third-order valence-corrected chi connectivity index (χ3v) is 2.84. The molecule has 1 aromatic carbocycles. The van der Waals surface area contributed by atoms with E-state index in [-0.39, 0.29) is 17.8 Å². The zero-order valence-corrected chi connectivity index (χ0v) is 10.2. The van der Waals surface area contributed by atoms with Crippen molar-refractivity contribution in [3.63, 3.8) is 0 Å². The van der Waals surface area contributed by atoms with Gasteiger partial charge in [0.2, 0.25) is 5.91 Å². The maximum Gasteiger partial charge on any atom is 0.314 e. The molecule has 0 spiro atoms. The number of likely N-dealkylation sites (tertiary alicyclic amines) is 1. The van der Waals surface area contributed by atoms with E-state index in [2.05, 4.69) is 5.32 Å². The van der Waals surface area contributed by atoms with Crippen LogP contribution >= 0.6 is 0 Å². The van der Waals surface area contributed by atoms with Crippen LogP contribution in [0.3, 0.4) is 0 Å². The van der Waals surface area contributed by atoms with Gasteiger partial charge in [-0.2, -0.15) is 0 Å². The second-order valence-corrected chi connectivity index (χ2v) is 4.33. The minimum Gasteiger partial charge on any atom is -0.351 e. The van der Waals surface area contributed by atoms with Gasteiger partial charge in [-0.15, -0.1) is 0 Å². The number of hydrogen-bond acceptors (Lipinski definition) is 2. The summed E-state index contributed by atoms with van der Waals surface area (Å²) in [5.41, 5.74) is 5.81. The van der Waals surface area contributed by atoms with E-state index in [1.807, 2.05) is 0 Å². The lowest BCUT2D eigenvalue weighted by atomic mass is 10.1. The van der Waals surface area contributed by atoms with Gasteiger partial charge in [0.1, 0.15) is 5.82 Å². The van der Waals surface area contributed by atoms with Crippen LogP contribution in [0.1, 0.15) is 5.56 Å². The molecule has 19 heavy (non-hydrogen) atoms. The minimum absolute atomic E-state index is 0.0575. The van der Waals surface area contributed by atoms with E-state index >= 15 is 0 Å². The van der Waals surface area contributed by atoms with E-state index in [0.29, 0.717) is 13.1 Å². The Kier molecular flexibility index (Phi) is 3.79. The number of primary amides is 1. The molecule has 6 heteroatoms. The molecule has 1 heterocycles. The van der Waals surface area contributed by atoms with E-state index in [9.17, 15) is 14.0 Å². The van der Waals surface area contributed by atoms with Crippen LogP contribution in [0.15, 0.2) is 30.3 Å². The van der Waals surface area contributed by atoms with Crippen molar-refractivity contribution in [2.24, 2.45) is 5.73 Å². The molecule has 0 saturated carbocycles. The Morgan fingerprint density at radius 2 is 1.95 bits per heavy atom. The monoisotopic (exact) mass is 263 g/mol. The predicted octanol–water partition coefficient (Wildman–Crippen LogP) is 0.718. The number of carbonyl (C=O) groups excluding carboxylic acids is 2. The van der Waals surface area contributed by atoms with Gasteiger partial charge >= 0.3 is 6.03 Å². The quantitative estimate of drug-likeness (QED) is 0.788. The van der Waals surface area contributed by atoms with Crippen LogP contribution < -0.4 is 11.1 Å². The SMILES string of the molecule is NC(=O)N1CC(NC(=O)/C=C/c2ccc(F)cc2)C1. The molecule has 0 atom stereocenters. The summed E-state index contributed by atoms with van der Waals surface area (Å²) in [6.07, 6.45) is 2.97. The molecule has 3 N–H and O–H groups in total. The summed E-state index contributed by atoms with van der Waals surface area (Å²) in [6.45, 7) is 0.872. The lowest BCUT2D eigenvalue weighted by molar-refractivity contribution is -0.117. The lowest BCUT2D eigenvalue weighted by Crippen LogP contribution is -2.62. The zero-order chi connectivity index (χ0) is 13.8. The summed E-state index contributed by atoms with van der Waals surface area (Å²) in [5, 5.41) is 2.73. The molecule has 100 valence electrons. The highest BCUT2D eigenvalue weighted by Crippen LogP contribution is 2.07. The molecule has 0 radical (unpaired) electrons. The van der Waals surface area contributed by atoms with Crippen molar-refractivity contribution in [2.75, 3.05) is 13.1 Å². The molecule has 5 nitrogen and oxygen atoms in total. The Balaban J connectivity index is 1.79. The molecular weight excluding hydrogens is 249 g/mol. The number of nitrogens with two attached hydrogens (primary N) is 1. The highest BCUT2D eigenvalue weighted by atomic mass is 19.1. The molecule has 0 bridgehead atoms. The number of halogens is 1. The summed E-state index contributed by atoms with van der Waals surface area (Å²) in [6, 6.07) is 5.28. The molecule has 0 unspecified atom stereocenters. The first kappa shape index (κ1) is 13.1. The summed E-state index contributed by atoms with van der Waals surface area (Å²) in [7, 11) is 0. The Morgan fingerprint density at radius 1 is 1.32 bits per heavy atom. The molecule has 1 saturated heterocycles. The first-order valence-corrected chi connectivity index (χ1v) is 5.83. The Labute approximate surface area is 109 Å². The van der Waals surface area contributed by atoms with E-state index in [1.54, 1.807) is 18.2 Å². The average molecular weight is 263 g/mol. The van der Waals surface area contributed by atoms with Crippen molar-refractivity contribution in [1.29, 1.82) is 0 Å². The van der Waals surface area contributed by atoms with Gasteiger partial charge in [-0.3, -0.25) is 4.79 Å². The van der Waals surface area contributed by atoms with Gasteiger partial charge in [-0.05, 0) is 23.8 Å². The maximum absolute atomic E-state index is 12.7. The van der Waals surface area contributed by atoms with Crippen LogP contribution in [0.4, 0.5) is 9.18 Å². The van der Waals surface area contributed by atoms with Gasteiger partial charge in [-0.25, -0.2) is 9.18 Å². The van der Waals surface area contributed by atoms with Gasteiger partial charge < -0.3 is 16.0 Å². The number of carbonyl (C=O) groups is 2. The summed E-state index contributed by atoms with van der Waals surface area (Å²) >= 11 is 0. The van der Waals surface area contributed by atoms with Crippen LogP contribution in [0.2, 0.25) is 0 Å². The van der Waals surface area contributed by atoms with Crippen LogP contribution in [-0.2, 0) is 4.79 Å². The highest BCUT2D eigenvalue weighted by molar-refractivity contribution is 5.92. The largest absolute Gasteiger partial charge is 0.351 e. The smallest absolute Gasteiger partial charge is 0.314 e. The third kappa shape index (κ3) is 3.54. The summed E-state index contributed by atoms with van der Waals surface area (Å²) in [5.74, 6) is -0.568. The number of nitrogens with zero attached hydrogens (tertiary/aromatic N) is 1. The summed E-state index contributed by atoms with van der Waals surface area (Å²) < 4.78 is 12.7. The van der Waals surface area contributed by atoms with Gasteiger partial charge in [0, 0.05) is 19.2 Å². The number of amides is 3. The van der Waals surface area contributed by atoms with Crippen molar-refractivity contribution < 1.29 is 14.0 Å². The lowest BCUT2D eigenvalue weighted by Gasteiger charge is -2.37. The fourth-order valence-corrected chi connectivity index (χ4v) is 1.74. The molecule has 1 aliphatic rings. The second kappa shape index (κ2) is 5.51. The topological polar surface area (TPSA) is 75.4 Å². The summed E-state index contributed by atoms with van der Waals surface area (Å²) in [4.78, 5) is 23.7. The molecule has 1 fully saturated rings. The average Bonchev–Trinajstić information content (AvgIpc) is 2.32. The van der Waals surface area contributed by atoms with Gasteiger partial charge in [0.15, 0.2) is 0 Å². The van der Waals surface area contributed by atoms with Crippen LogP contribution in [-0.4, -0.2) is 36.0 Å². The number of hydrogen-bond donors (Lipinski definition) is 2. The number of nitrogens with one attached hydrogen (secondary N) is 1.